The van der Waals surface area contributed by atoms with Crippen LogP contribution >= 0.6 is 0 Å². The lowest BCUT2D eigenvalue weighted by Crippen LogP contribution is -2.44. The van der Waals surface area contributed by atoms with Gasteiger partial charge in [0.15, 0.2) is 5.78 Å². The van der Waals surface area contributed by atoms with Crippen LogP contribution in [0.3, 0.4) is 0 Å². The fraction of sp³-hybridized carbons (Fsp3) is 0.360. The van der Waals surface area contributed by atoms with E-state index in [-0.39, 0.29) is 30.7 Å². The molecule has 0 spiro atoms. The lowest BCUT2D eigenvalue weighted by molar-refractivity contribution is -0.384. The zero-order chi connectivity index (χ0) is 25.0. The van der Waals surface area contributed by atoms with Crippen molar-refractivity contribution < 1.29 is 27.7 Å². The van der Waals surface area contributed by atoms with E-state index in [2.05, 4.69) is 0 Å². The Kier molecular flexibility index (Phi) is 5.62. The van der Waals surface area contributed by atoms with Crippen molar-refractivity contribution in [2.45, 2.75) is 52.1 Å². The molecule has 0 saturated carbocycles. The van der Waals surface area contributed by atoms with Crippen LogP contribution in [0.15, 0.2) is 53.7 Å². The number of nitrogens with zero attached hydrogens (tertiary/aromatic N) is 2. The van der Waals surface area contributed by atoms with E-state index in [0.717, 1.165) is 28.2 Å². The number of Topliss-reactive ketones (excluding diaryl/α,β-unsaturated/α-hetero) is 1. The van der Waals surface area contributed by atoms with Gasteiger partial charge in [0, 0.05) is 36.1 Å². The summed E-state index contributed by atoms with van der Waals surface area (Å²) in [5, 5.41) is 11.7. The molecule has 1 heterocycles. The van der Waals surface area contributed by atoms with E-state index in [4.69, 9.17) is 0 Å². The second-order valence-corrected chi connectivity index (χ2v) is 9.66. The monoisotopic (exact) mass is 472 g/mol. The van der Waals surface area contributed by atoms with Crippen molar-refractivity contribution in [3.8, 4) is 0 Å². The number of amides is 1. The molecule has 0 saturated heterocycles. The Morgan fingerprint density at radius 1 is 1.09 bits per heavy atom. The molecule has 0 bridgehead atoms. The maximum absolute atomic E-state index is 13.4. The molecule has 9 heteroatoms. The number of benzene rings is 2. The number of carbonyl (C=O) groups is 2. The number of alkyl halides is 3. The molecule has 6 nitrogen and oxygen atoms in total. The normalized spacial score (nSPS) is 20.4. The number of carbonyl (C=O) groups excluding carboxylic acids is 2. The number of nitro benzene ring substituents is 1. The molecule has 2 aromatic rings. The minimum atomic E-state index is -4.78. The summed E-state index contributed by atoms with van der Waals surface area (Å²) >= 11 is 0. The van der Waals surface area contributed by atoms with Crippen LogP contribution < -0.4 is 4.90 Å². The molecular weight excluding hydrogens is 449 g/mol. The van der Waals surface area contributed by atoms with E-state index in [1.165, 1.54) is 0 Å². The number of allylic oxidation sites excluding steroid dienone is 2. The SMILES string of the molecule is Cc1cccc(C2CC(=O)N(c3ccc(C(F)(F)F)cc3[N+](=O)[O-])C3=C2C(=O)CC(C)(C)C3)c1. The smallest absolute Gasteiger partial charge is 0.294 e. The topological polar surface area (TPSA) is 80.5 Å². The van der Waals surface area contributed by atoms with Crippen molar-refractivity contribution in [1.29, 1.82) is 0 Å². The van der Waals surface area contributed by atoms with Crippen LogP contribution in [-0.2, 0) is 15.8 Å². The number of hydrogen-bond acceptors (Lipinski definition) is 4. The molecule has 1 amide bonds. The van der Waals surface area contributed by atoms with Crippen LogP contribution in [-0.4, -0.2) is 16.6 Å². The van der Waals surface area contributed by atoms with Gasteiger partial charge in [-0.25, -0.2) is 0 Å². The summed E-state index contributed by atoms with van der Waals surface area (Å²) < 4.78 is 39.7. The van der Waals surface area contributed by atoms with Crippen LogP contribution in [0.1, 0.15) is 55.7 Å². The van der Waals surface area contributed by atoms with Crippen molar-refractivity contribution in [3.05, 3.63) is 80.5 Å². The quantitative estimate of drug-likeness (QED) is 0.400. The predicted octanol–water partition coefficient (Wildman–Crippen LogP) is 6.09. The van der Waals surface area contributed by atoms with Gasteiger partial charge < -0.3 is 0 Å². The van der Waals surface area contributed by atoms with Gasteiger partial charge in [0.2, 0.25) is 5.91 Å². The van der Waals surface area contributed by atoms with Gasteiger partial charge in [-0.3, -0.25) is 24.6 Å². The second kappa shape index (κ2) is 8.07. The third-order valence-electron chi connectivity index (χ3n) is 6.33. The highest BCUT2D eigenvalue weighted by Crippen LogP contribution is 2.50. The molecule has 0 radical (unpaired) electrons. The predicted molar refractivity (Wildman–Crippen MR) is 119 cm³/mol. The Bertz CT molecular complexity index is 1250. The van der Waals surface area contributed by atoms with Gasteiger partial charge in [-0.1, -0.05) is 43.7 Å². The summed E-state index contributed by atoms with van der Waals surface area (Å²) in [4.78, 5) is 38.7. The first-order valence-corrected chi connectivity index (χ1v) is 10.8. The number of halogens is 3. The highest BCUT2D eigenvalue weighted by Gasteiger charge is 2.46. The zero-order valence-electron chi connectivity index (χ0n) is 18.9. The maximum Gasteiger partial charge on any atom is 0.416 e. The molecule has 34 heavy (non-hydrogen) atoms. The average Bonchev–Trinajstić information content (AvgIpc) is 2.71. The number of hydrogen-bond donors (Lipinski definition) is 0. The summed E-state index contributed by atoms with van der Waals surface area (Å²) in [6.07, 6.45) is -4.38. The van der Waals surface area contributed by atoms with Crippen molar-refractivity contribution in [1.82, 2.24) is 0 Å². The summed E-state index contributed by atoms with van der Waals surface area (Å²) in [6, 6.07) is 9.56. The lowest BCUT2D eigenvalue weighted by atomic mass is 9.69. The Hall–Kier alpha value is -3.49. The maximum atomic E-state index is 13.4. The van der Waals surface area contributed by atoms with E-state index < -0.39 is 39.6 Å². The summed E-state index contributed by atoms with van der Waals surface area (Å²) in [6.45, 7) is 5.61. The number of aryl methyl sites for hydroxylation is 1. The van der Waals surface area contributed by atoms with Crippen LogP contribution in [0.5, 0.6) is 0 Å². The first-order chi connectivity index (χ1) is 15.8. The lowest BCUT2D eigenvalue weighted by Gasteiger charge is -2.42. The first kappa shape index (κ1) is 23.7. The standard InChI is InChI=1S/C25H23F3N2O4/c1-14-5-4-6-15(9-14)17-11-22(32)29(20-12-24(2,3)13-21(31)23(17)20)18-8-7-16(25(26,27)28)10-19(18)30(33)34/h4-10,17H,11-13H2,1-3H3. The van der Waals surface area contributed by atoms with Gasteiger partial charge in [0.05, 0.1) is 10.5 Å². The van der Waals surface area contributed by atoms with E-state index in [1.54, 1.807) is 0 Å². The van der Waals surface area contributed by atoms with Gasteiger partial charge in [0.1, 0.15) is 5.69 Å². The molecule has 2 aromatic carbocycles. The van der Waals surface area contributed by atoms with Crippen molar-refractivity contribution in [2.75, 3.05) is 4.90 Å². The van der Waals surface area contributed by atoms with Crippen LogP contribution in [0.2, 0.25) is 0 Å². The molecule has 4 rings (SSSR count). The third kappa shape index (κ3) is 4.22. The van der Waals surface area contributed by atoms with Crippen LogP contribution in [0.4, 0.5) is 24.5 Å². The Morgan fingerprint density at radius 2 is 1.79 bits per heavy atom. The largest absolute Gasteiger partial charge is 0.416 e. The first-order valence-electron chi connectivity index (χ1n) is 10.8. The molecule has 1 aliphatic carbocycles. The van der Waals surface area contributed by atoms with Gasteiger partial charge in [-0.05, 0) is 36.5 Å². The highest BCUT2D eigenvalue weighted by molar-refractivity contribution is 6.08. The van der Waals surface area contributed by atoms with Crippen LogP contribution in [0, 0.1) is 22.5 Å². The minimum Gasteiger partial charge on any atom is -0.294 e. The molecule has 1 aliphatic heterocycles. The average molecular weight is 472 g/mol. The highest BCUT2D eigenvalue weighted by atomic mass is 19.4. The molecule has 178 valence electrons. The minimum absolute atomic E-state index is 0.118. The van der Waals surface area contributed by atoms with Gasteiger partial charge in [-0.15, -0.1) is 0 Å². The third-order valence-corrected chi connectivity index (χ3v) is 6.33. The summed E-state index contributed by atoms with van der Waals surface area (Å²) in [5.41, 5.74) is -0.329. The Balaban J connectivity index is 1.95. The molecular formula is C25H23F3N2O4. The van der Waals surface area contributed by atoms with E-state index in [9.17, 15) is 32.9 Å². The number of anilines is 1. The van der Waals surface area contributed by atoms with E-state index in [0.29, 0.717) is 17.3 Å². The Labute approximate surface area is 194 Å². The van der Waals surface area contributed by atoms with Gasteiger partial charge in [-0.2, -0.15) is 13.2 Å². The number of rotatable bonds is 3. The Morgan fingerprint density at radius 3 is 2.41 bits per heavy atom. The summed E-state index contributed by atoms with van der Waals surface area (Å²) in [5.74, 6) is -1.18. The fourth-order valence-electron chi connectivity index (χ4n) is 4.90. The van der Waals surface area contributed by atoms with Crippen LogP contribution in [0.25, 0.3) is 0 Å². The number of ketones is 1. The van der Waals surface area contributed by atoms with Crippen molar-refractivity contribution >= 4 is 23.1 Å². The van der Waals surface area contributed by atoms with E-state index >= 15 is 0 Å². The molecule has 1 atom stereocenters. The molecule has 1 unspecified atom stereocenters. The van der Waals surface area contributed by atoms with Gasteiger partial charge >= 0.3 is 6.18 Å². The molecule has 0 fully saturated rings. The van der Waals surface area contributed by atoms with Crippen molar-refractivity contribution in [3.63, 3.8) is 0 Å². The number of nitro groups is 1. The van der Waals surface area contributed by atoms with E-state index in [1.807, 2.05) is 45.0 Å². The summed E-state index contributed by atoms with van der Waals surface area (Å²) in [7, 11) is 0. The molecule has 2 aliphatic rings. The fourth-order valence-corrected chi connectivity index (χ4v) is 4.90. The second-order valence-electron chi connectivity index (χ2n) is 9.66. The van der Waals surface area contributed by atoms with Crippen molar-refractivity contribution in [2.24, 2.45) is 5.41 Å². The molecule has 0 aromatic heterocycles. The molecule has 0 N–H and O–H groups in total. The zero-order valence-corrected chi connectivity index (χ0v) is 18.9. The van der Waals surface area contributed by atoms with Gasteiger partial charge in [0.25, 0.3) is 5.69 Å².